The van der Waals surface area contributed by atoms with Crippen LogP contribution in [0.2, 0.25) is 0 Å². The molecular formula is C24H23N3O2S. The number of benzene rings is 2. The number of hydrogen-bond donors (Lipinski definition) is 2. The Morgan fingerprint density at radius 2 is 1.90 bits per heavy atom. The number of nitrogens with zero attached hydrogens (tertiary/aromatic N) is 1. The molecule has 6 heteroatoms. The van der Waals surface area contributed by atoms with Crippen LogP contribution in [-0.2, 0) is 11.3 Å². The molecule has 3 aromatic rings. The van der Waals surface area contributed by atoms with Gasteiger partial charge < -0.3 is 11.1 Å². The number of hydrogen-bond acceptors (Lipinski definition) is 5. The van der Waals surface area contributed by atoms with Crippen molar-refractivity contribution >= 4 is 34.5 Å². The summed E-state index contributed by atoms with van der Waals surface area (Å²) in [6.45, 7) is 2.30. The monoisotopic (exact) mass is 417 g/mol. The topological polar surface area (TPSA) is 85.1 Å². The average molecular weight is 418 g/mol. The van der Waals surface area contributed by atoms with E-state index in [4.69, 9.17) is 5.73 Å². The van der Waals surface area contributed by atoms with Gasteiger partial charge in [-0.3, -0.25) is 14.6 Å². The summed E-state index contributed by atoms with van der Waals surface area (Å²) >= 11 is 1.27. The molecule has 2 aromatic carbocycles. The maximum Gasteiger partial charge on any atom is 0.255 e. The third-order valence-electron chi connectivity index (χ3n) is 4.43. The molecule has 0 unspecified atom stereocenters. The van der Waals surface area contributed by atoms with Gasteiger partial charge in [0.05, 0.1) is 0 Å². The van der Waals surface area contributed by atoms with E-state index in [1.165, 1.54) is 11.8 Å². The van der Waals surface area contributed by atoms with E-state index in [0.717, 1.165) is 28.0 Å². The Morgan fingerprint density at radius 3 is 2.63 bits per heavy atom. The quantitative estimate of drug-likeness (QED) is 0.542. The first-order chi connectivity index (χ1) is 14.6. The highest BCUT2D eigenvalue weighted by atomic mass is 32.2. The molecule has 1 aromatic heterocycles. The molecule has 0 aliphatic rings. The smallest absolute Gasteiger partial charge is 0.255 e. The molecule has 152 valence electrons. The highest BCUT2D eigenvalue weighted by molar-refractivity contribution is 8.14. The van der Waals surface area contributed by atoms with Gasteiger partial charge in [-0.2, -0.15) is 0 Å². The van der Waals surface area contributed by atoms with Crippen LogP contribution in [0.5, 0.6) is 0 Å². The molecule has 1 heterocycles. The maximum absolute atomic E-state index is 12.7. The first kappa shape index (κ1) is 21.5. The molecule has 30 heavy (non-hydrogen) atoms. The van der Waals surface area contributed by atoms with Gasteiger partial charge in [-0.1, -0.05) is 49.0 Å². The number of carbonyl (C=O) groups is 2. The van der Waals surface area contributed by atoms with Gasteiger partial charge in [-0.25, -0.2) is 0 Å². The van der Waals surface area contributed by atoms with Crippen molar-refractivity contribution in [2.24, 2.45) is 5.73 Å². The lowest BCUT2D eigenvalue weighted by atomic mass is 9.95. The van der Waals surface area contributed by atoms with Crippen molar-refractivity contribution < 1.29 is 9.59 Å². The second kappa shape index (κ2) is 10.5. The lowest BCUT2D eigenvalue weighted by Crippen LogP contribution is -2.12. The van der Waals surface area contributed by atoms with Crippen molar-refractivity contribution in [1.82, 2.24) is 4.98 Å². The molecule has 0 saturated heterocycles. The fraction of sp³-hybridized carbons (Fsp3) is 0.125. The molecule has 0 saturated carbocycles. The summed E-state index contributed by atoms with van der Waals surface area (Å²) in [7, 11) is 0. The molecule has 0 spiro atoms. The Labute approximate surface area is 180 Å². The predicted molar refractivity (Wildman–Crippen MR) is 124 cm³/mol. The first-order valence-electron chi connectivity index (χ1n) is 9.60. The van der Waals surface area contributed by atoms with Gasteiger partial charge in [0, 0.05) is 30.2 Å². The van der Waals surface area contributed by atoms with Gasteiger partial charge in [-0.15, -0.1) is 0 Å². The zero-order valence-corrected chi connectivity index (χ0v) is 17.5. The summed E-state index contributed by atoms with van der Waals surface area (Å²) in [6, 6.07) is 16.8. The van der Waals surface area contributed by atoms with Crippen LogP contribution in [-0.4, -0.2) is 21.8 Å². The second-order valence-electron chi connectivity index (χ2n) is 6.48. The SMILES string of the molecule is CCSC(=O)/C=C/c1cccc(-c2cc(C(=O)Nc3ccncc3)ccc2CN)c1. The normalized spacial score (nSPS) is 10.9. The number of nitrogens with one attached hydrogen (secondary N) is 1. The van der Waals surface area contributed by atoms with Gasteiger partial charge in [0.1, 0.15) is 0 Å². The van der Waals surface area contributed by atoms with Crippen LogP contribution in [0.4, 0.5) is 5.69 Å². The summed E-state index contributed by atoms with van der Waals surface area (Å²) < 4.78 is 0. The van der Waals surface area contributed by atoms with Crippen molar-refractivity contribution in [2.45, 2.75) is 13.5 Å². The molecule has 1 amide bonds. The third kappa shape index (κ3) is 5.65. The molecule has 5 nitrogen and oxygen atoms in total. The van der Waals surface area contributed by atoms with Crippen molar-refractivity contribution in [2.75, 3.05) is 11.1 Å². The van der Waals surface area contributed by atoms with Crippen LogP contribution < -0.4 is 11.1 Å². The minimum atomic E-state index is -0.204. The van der Waals surface area contributed by atoms with Crippen LogP contribution in [0.25, 0.3) is 17.2 Å². The van der Waals surface area contributed by atoms with E-state index < -0.39 is 0 Å². The van der Waals surface area contributed by atoms with E-state index in [-0.39, 0.29) is 11.0 Å². The summed E-state index contributed by atoms with van der Waals surface area (Å²) in [5, 5.41) is 2.90. The molecule has 0 atom stereocenters. The Balaban J connectivity index is 1.89. The fourth-order valence-corrected chi connectivity index (χ4v) is 3.42. The van der Waals surface area contributed by atoms with E-state index >= 15 is 0 Å². The number of anilines is 1. The number of rotatable bonds is 7. The van der Waals surface area contributed by atoms with Crippen molar-refractivity contribution in [3.63, 3.8) is 0 Å². The third-order valence-corrected chi connectivity index (χ3v) is 5.14. The van der Waals surface area contributed by atoms with Crippen molar-refractivity contribution in [1.29, 1.82) is 0 Å². The Morgan fingerprint density at radius 1 is 1.10 bits per heavy atom. The first-order valence-corrected chi connectivity index (χ1v) is 10.6. The minimum absolute atomic E-state index is 0.0281. The zero-order valence-electron chi connectivity index (χ0n) is 16.7. The Bertz CT molecular complexity index is 1070. The fourth-order valence-electron chi connectivity index (χ4n) is 2.97. The van der Waals surface area contributed by atoms with Crippen LogP contribution in [0, 0.1) is 0 Å². The molecular weight excluding hydrogens is 394 g/mol. The lowest BCUT2D eigenvalue weighted by Gasteiger charge is -2.12. The van der Waals surface area contributed by atoms with Gasteiger partial charge in [0.25, 0.3) is 5.91 Å². The number of pyridine rings is 1. The summed E-state index contributed by atoms with van der Waals surface area (Å²) in [5.41, 5.74) is 10.8. The molecule has 3 N–H and O–H groups in total. The number of nitrogens with two attached hydrogens (primary N) is 1. The second-order valence-corrected chi connectivity index (χ2v) is 7.75. The van der Waals surface area contributed by atoms with Crippen molar-refractivity contribution in [3.05, 3.63) is 89.8 Å². The van der Waals surface area contributed by atoms with E-state index in [1.54, 1.807) is 42.7 Å². The lowest BCUT2D eigenvalue weighted by molar-refractivity contribution is -0.106. The van der Waals surface area contributed by atoms with Crippen molar-refractivity contribution in [3.8, 4) is 11.1 Å². The van der Waals surface area contributed by atoms with Crippen LogP contribution in [0.15, 0.2) is 73.1 Å². The average Bonchev–Trinajstić information content (AvgIpc) is 2.78. The van der Waals surface area contributed by atoms with Crippen LogP contribution in [0.1, 0.15) is 28.4 Å². The number of thioether (sulfide) groups is 1. The molecule has 0 radical (unpaired) electrons. The van der Waals surface area contributed by atoms with E-state index in [2.05, 4.69) is 10.3 Å². The molecule has 0 aliphatic heterocycles. The highest BCUT2D eigenvalue weighted by Crippen LogP contribution is 2.27. The van der Waals surface area contributed by atoms with E-state index in [0.29, 0.717) is 17.8 Å². The summed E-state index contributed by atoms with van der Waals surface area (Å²) in [5.74, 6) is 0.543. The van der Waals surface area contributed by atoms with Gasteiger partial charge in [-0.05, 0) is 64.4 Å². The van der Waals surface area contributed by atoms with E-state index in [9.17, 15) is 9.59 Å². The number of aromatic nitrogens is 1. The van der Waals surface area contributed by atoms with Gasteiger partial charge >= 0.3 is 0 Å². The largest absolute Gasteiger partial charge is 0.326 e. The molecule has 0 fully saturated rings. The maximum atomic E-state index is 12.7. The number of carbonyl (C=O) groups excluding carboxylic acids is 2. The van der Waals surface area contributed by atoms with E-state index in [1.807, 2.05) is 43.3 Å². The molecule has 0 bridgehead atoms. The van der Waals surface area contributed by atoms with Gasteiger partial charge in [0.2, 0.25) is 5.12 Å². The Kier molecular flexibility index (Phi) is 7.54. The Hall–Kier alpha value is -3.22. The minimum Gasteiger partial charge on any atom is -0.326 e. The highest BCUT2D eigenvalue weighted by Gasteiger charge is 2.11. The molecule has 0 aliphatic carbocycles. The predicted octanol–water partition coefficient (Wildman–Crippen LogP) is 4.75. The van der Waals surface area contributed by atoms with Crippen LogP contribution >= 0.6 is 11.8 Å². The van der Waals surface area contributed by atoms with Gasteiger partial charge in [0.15, 0.2) is 0 Å². The number of amides is 1. The standard InChI is InChI=1S/C24H23N3O2S/c1-2-30-23(28)9-6-17-4-3-5-18(14-17)22-15-19(7-8-20(22)16-25)24(29)27-21-10-12-26-13-11-21/h3-15H,2,16,25H2,1H3,(H,26,27,29)/b9-6+. The zero-order chi connectivity index (χ0) is 21.3. The summed E-state index contributed by atoms with van der Waals surface area (Å²) in [4.78, 5) is 28.4. The molecule has 3 rings (SSSR count). The van der Waals surface area contributed by atoms with Crippen LogP contribution in [0.3, 0.4) is 0 Å². The summed E-state index contributed by atoms with van der Waals surface area (Å²) in [6.07, 6.45) is 6.63.